The van der Waals surface area contributed by atoms with Crippen LogP contribution in [0.5, 0.6) is 0 Å². The Labute approximate surface area is 213 Å². The van der Waals surface area contributed by atoms with Crippen molar-refractivity contribution in [1.82, 2.24) is 14.9 Å². The molecule has 0 radical (unpaired) electrons. The van der Waals surface area contributed by atoms with Crippen molar-refractivity contribution in [3.05, 3.63) is 35.4 Å². The lowest BCUT2D eigenvalue weighted by Crippen LogP contribution is -2.52. The Hall–Kier alpha value is -1.53. The topological polar surface area (TPSA) is 61.4 Å². The molecule has 2 aliphatic rings. The highest BCUT2D eigenvalue weighted by Gasteiger charge is 2.36. The third-order valence-electron chi connectivity index (χ3n) is 6.31. The number of hydrogen-bond acceptors (Lipinski definition) is 4. The van der Waals surface area contributed by atoms with Crippen LogP contribution in [0.4, 0.5) is 0 Å². The molecule has 2 amide bonds. The molecular weight excluding hydrogens is 442 g/mol. The third kappa shape index (κ3) is 9.99. The van der Waals surface area contributed by atoms with Gasteiger partial charge in [0.05, 0.1) is 0 Å². The summed E-state index contributed by atoms with van der Waals surface area (Å²) in [6.07, 6.45) is 9.19. The average Bonchev–Trinajstić information content (AvgIpc) is 3.26. The molecule has 0 saturated heterocycles. The van der Waals surface area contributed by atoms with Gasteiger partial charge < -0.3 is 10.2 Å². The molecule has 34 heavy (non-hydrogen) atoms. The Balaban J connectivity index is 0.000000872. The van der Waals surface area contributed by atoms with E-state index in [1.165, 1.54) is 30.4 Å². The van der Waals surface area contributed by atoms with Crippen LogP contribution >= 0.6 is 11.9 Å². The Morgan fingerprint density at radius 2 is 1.74 bits per heavy atom. The van der Waals surface area contributed by atoms with Crippen LogP contribution in [-0.2, 0) is 22.4 Å². The summed E-state index contributed by atoms with van der Waals surface area (Å²) < 4.78 is 3.49. The van der Waals surface area contributed by atoms with Gasteiger partial charge in [-0.25, -0.2) is 0 Å². The molecule has 0 heterocycles. The molecule has 6 heteroatoms. The van der Waals surface area contributed by atoms with Gasteiger partial charge in [-0.05, 0) is 74.2 Å². The summed E-state index contributed by atoms with van der Waals surface area (Å²) in [7, 11) is 0. The molecule has 1 aromatic rings. The van der Waals surface area contributed by atoms with Gasteiger partial charge in [-0.2, -0.15) is 0 Å². The van der Waals surface area contributed by atoms with E-state index in [-0.39, 0.29) is 11.8 Å². The predicted octanol–water partition coefficient (Wildman–Crippen LogP) is 5.48. The second-order valence-electron chi connectivity index (χ2n) is 9.86. The Bertz CT molecular complexity index is 683. The molecule has 5 nitrogen and oxygen atoms in total. The number of likely N-dealkylation sites (N-methyl/N-ethyl adjacent to an activating group) is 1. The van der Waals surface area contributed by atoms with Crippen LogP contribution in [0.1, 0.15) is 78.4 Å². The van der Waals surface area contributed by atoms with E-state index >= 15 is 0 Å². The lowest BCUT2D eigenvalue weighted by atomic mass is 9.85. The molecule has 2 N–H and O–H groups in total. The number of hydrogen-bond donors (Lipinski definition) is 2. The van der Waals surface area contributed by atoms with Crippen molar-refractivity contribution < 1.29 is 9.59 Å². The molecule has 3 rings (SSSR count). The molecule has 3 unspecified atom stereocenters. The second kappa shape index (κ2) is 17.0. The van der Waals surface area contributed by atoms with Gasteiger partial charge in [0.25, 0.3) is 0 Å². The van der Waals surface area contributed by atoms with E-state index in [1.807, 2.05) is 37.8 Å². The summed E-state index contributed by atoms with van der Waals surface area (Å²) >= 11 is 1.68. The van der Waals surface area contributed by atoms with Gasteiger partial charge in [-0.15, -0.1) is 0 Å². The smallest absolute Gasteiger partial charge is 0.245 e. The number of fused-ring (bicyclic) bond motifs is 1. The van der Waals surface area contributed by atoms with Crippen LogP contribution in [0.3, 0.4) is 0 Å². The average molecular weight is 492 g/mol. The number of benzene rings is 1. The maximum Gasteiger partial charge on any atom is 0.245 e. The van der Waals surface area contributed by atoms with E-state index < -0.39 is 6.04 Å². The number of nitrogens with zero attached hydrogens (tertiary/aromatic N) is 1. The number of rotatable bonds is 9. The van der Waals surface area contributed by atoms with Crippen molar-refractivity contribution in [2.45, 2.75) is 92.2 Å². The lowest BCUT2D eigenvalue weighted by molar-refractivity contribution is -0.136. The predicted molar refractivity (Wildman–Crippen MR) is 147 cm³/mol. The van der Waals surface area contributed by atoms with E-state index in [1.54, 1.807) is 11.9 Å². The van der Waals surface area contributed by atoms with Gasteiger partial charge >= 0.3 is 0 Å². The number of amides is 2. The Kier molecular flexibility index (Phi) is 15.2. The number of carbonyl (C=O) groups is 2. The van der Waals surface area contributed by atoms with E-state index in [4.69, 9.17) is 0 Å². The van der Waals surface area contributed by atoms with Crippen LogP contribution in [0, 0.1) is 17.8 Å². The van der Waals surface area contributed by atoms with Crippen LogP contribution in [0.25, 0.3) is 0 Å². The molecule has 1 aromatic carbocycles. The van der Waals surface area contributed by atoms with Gasteiger partial charge in [-0.3, -0.25) is 14.3 Å². The molecule has 0 bridgehead atoms. The minimum Gasteiger partial charge on any atom is -0.347 e. The molecule has 3 atom stereocenters. The number of carbonyl (C=O) groups excluding carboxylic acids is 2. The van der Waals surface area contributed by atoms with Crippen molar-refractivity contribution in [1.29, 1.82) is 0 Å². The summed E-state index contributed by atoms with van der Waals surface area (Å²) in [5, 5.41) is 2.85. The first kappa shape index (κ1) is 30.5. The second-order valence-corrected chi connectivity index (χ2v) is 10.5. The normalized spacial score (nSPS) is 20.2. The maximum absolute atomic E-state index is 13.4. The summed E-state index contributed by atoms with van der Waals surface area (Å²) in [6.45, 7) is 14.0. The van der Waals surface area contributed by atoms with Crippen LogP contribution in [0.15, 0.2) is 24.3 Å². The molecule has 0 spiro atoms. The van der Waals surface area contributed by atoms with Crippen molar-refractivity contribution in [3.63, 3.8) is 0 Å². The minimum absolute atomic E-state index is 0.0763. The standard InChI is InChI=1S/C22H33N3O2S.C4H10.C2H6/c1-3-25(14-16-7-6-10-20(11-16)24-28-2)22(27)21(23-15-26)19-12-17-8-4-5-9-18(17)13-19;1-4(2)3;1-2/h4-5,8-9,15-16,19-21,24H,3,6-7,10-14H2,1-2H3,(H,23,26);4H,1-3H3;1-2H3. The zero-order valence-corrected chi connectivity index (χ0v) is 23.4. The largest absolute Gasteiger partial charge is 0.347 e. The highest BCUT2D eigenvalue weighted by atomic mass is 32.2. The highest BCUT2D eigenvalue weighted by Crippen LogP contribution is 2.30. The molecule has 0 aliphatic heterocycles. The fourth-order valence-electron chi connectivity index (χ4n) is 4.92. The Morgan fingerprint density at radius 1 is 1.15 bits per heavy atom. The maximum atomic E-state index is 13.4. The van der Waals surface area contributed by atoms with Crippen molar-refractivity contribution in [2.75, 3.05) is 19.3 Å². The summed E-state index contributed by atoms with van der Waals surface area (Å²) in [5.74, 6) is 1.58. The van der Waals surface area contributed by atoms with Gasteiger partial charge in [0.15, 0.2) is 0 Å². The first-order chi connectivity index (χ1) is 16.4. The van der Waals surface area contributed by atoms with E-state index in [9.17, 15) is 9.59 Å². The Morgan fingerprint density at radius 3 is 2.24 bits per heavy atom. The lowest BCUT2D eigenvalue weighted by Gasteiger charge is -2.35. The molecular formula is C28H49N3O2S. The molecule has 0 aromatic heterocycles. The summed E-state index contributed by atoms with van der Waals surface area (Å²) in [4.78, 5) is 26.6. The van der Waals surface area contributed by atoms with Gasteiger partial charge in [-0.1, -0.05) is 77.3 Å². The summed E-state index contributed by atoms with van der Waals surface area (Å²) in [6, 6.07) is 8.47. The third-order valence-corrected chi connectivity index (χ3v) is 6.88. The minimum atomic E-state index is -0.437. The first-order valence-electron chi connectivity index (χ1n) is 13.2. The van der Waals surface area contributed by atoms with Gasteiger partial charge in [0.2, 0.25) is 12.3 Å². The first-order valence-corrected chi connectivity index (χ1v) is 14.5. The van der Waals surface area contributed by atoms with Gasteiger partial charge in [0, 0.05) is 19.1 Å². The zero-order chi connectivity index (χ0) is 25.5. The van der Waals surface area contributed by atoms with Crippen molar-refractivity contribution in [2.24, 2.45) is 17.8 Å². The van der Waals surface area contributed by atoms with Crippen LogP contribution < -0.4 is 10.0 Å². The van der Waals surface area contributed by atoms with Crippen LogP contribution in [0.2, 0.25) is 0 Å². The van der Waals surface area contributed by atoms with Crippen molar-refractivity contribution in [3.8, 4) is 0 Å². The van der Waals surface area contributed by atoms with E-state index in [0.29, 0.717) is 24.9 Å². The number of nitrogens with one attached hydrogen (secondary N) is 2. The highest BCUT2D eigenvalue weighted by molar-refractivity contribution is 7.96. The van der Waals surface area contributed by atoms with Crippen molar-refractivity contribution >= 4 is 24.3 Å². The fraction of sp³-hybridized carbons (Fsp3) is 0.714. The van der Waals surface area contributed by atoms with E-state index in [0.717, 1.165) is 31.7 Å². The molecule has 1 fully saturated rings. The van der Waals surface area contributed by atoms with Gasteiger partial charge in [0.1, 0.15) is 6.04 Å². The monoisotopic (exact) mass is 491 g/mol. The van der Waals surface area contributed by atoms with E-state index in [2.05, 4.69) is 49.2 Å². The van der Waals surface area contributed by atoms with Crippen LogP contribution in [-0.4, -0.2) is 48.6 Å². The SMILES string of the molecule is CC.CC(C)C.CCN(CC1CCCC(NSC)C1)C(=O)C(NC=O)C1Cc2ccccc2C1. The molecule has 1 saturated carbocycles. The molecule has 2 aliphatic carbocycles. The quantitative estimate of drug-likeness (QED) is 0.355. The zero-order valence-electron chi connectivity index (χ0n) is 22.6. The summed E-state index contributed by atoms with van der Waals surface area (Å²) in [5.41, 5.74) is 2.61. The molecule has 194 valence electrons. The fourth-order valence-corrected chi connectivity index (χ4v) is 5.47.